The highest BCUT2D eigenvalue weighted by Crippen LogP contribution is 2.44. The maximum Gasteiger partial charge on any atom is 0.229 e. The summed E-state index contributed by atoms with van der Waals surface area (Å²) in [6.07, 6.45) is -16.8. The van der Waals surface area contributed by atoms with Crippen molar-refractivity contribution in [1.82, 2.24) is 0 Å². The molecule has 16 nitrogen and oxygen atoms in total. The largest absolute Gasteiger partial charge is 0.496 e. The van der Waals surface area contributed by atoms with Crippen LogP contribution in [0.25, 0.3) is 0 Å². The number of benzene rings is 2. The predicted molar refractivity (Wildman–Crippen MR) is 152 cm³/mol. The van der Waals surface area contributed by atoms with Gasteiger partial charge in [-0.05, 0) is 12.1 Å². The van der Waals surface area contributed by atoms with Gasteiger partial charge in [-0.15, -0.1) is 0 Å². The minimum atomic E-state index is -1.81. The first kappa shape index (κ1) is 34.1. The van der Waals surface area contributed by atoms with Gasteiger partial charge < -0.3 is 73.6 Å². The lowest BCUT2D eigenvalue weighted by atomic mass is 9.94. The Kier molecular flexibility index (Phi) is 10.5. The SMILES string of the molecule is COc1cc(OC)c2c(c1)O[C@H](c1ccc(O[C@@H]3O[C@H](CO)[C@@H](O)[C@H](O[C@@H]4O[C@H](CO)[C@H](O)[C@H](O)[C@H]4O)[C@H]3O)cc1OC)CC2=O. The Morgan fingerprint density at radius 2 is 1.39 bits per heavy atom. The molecule has 3 heterocycles. The number of aliphatic hydroxyl groups is 7. The molecule has 0 aliphatic carbocycles. The number of hydrogen-bond acceptors (Lipinski definition) is 16. The van der Waals surface area contributed by atoms with Crippen LogP contribution in [0.4, 0.5) is 0 Å². The molecule has 0 saturated carbocycles. The number of carbonyl (C=O) groups is 1. The molecule has 3 aliphatic heterocycles. The van der Waals surface area contributed by atoms with Crippen molar-refractivity contribution in [2.75, 3.05) is 34.5 Å². The van der Waals surface area contributed by atoms with E-state index in [1.54, 1.807) is 18.2 Å². The first-order valence-corrected chi connectivity index (χ1v) is 14.4. The lowest BCUT2D eigenvalue weighted by Crippen LogP contribution is -2.65. The topological polar surface area (TPSA) is 233 Å². The third-order valence-corrected chi connectivity index (χ3v) is 8.18. The Morgan fingerprint density at radius 1 is 0.739 bits per heavy atom. The van der Waals surface area contributed by atoms with Crippen LogP contribution in [0.15, 0.2) is 30.3 Å². The third kappa shape index (κ3) is 6.46. The molecule has 0 spiro atoms. The molecule has 16 heteroatoms. The average Bonchev–Trinajstić information content (AvgIpc) is 3.06. The van der Waals surface area contributed by atoms with E-state index in [9.17, 15) is 40.5 Å². The second kappa shape index (κ2) is 14.2. The molecule has 46 heavy (non-hydrogen) atoms. The van der Waals surface area contributed by atoms with Gasteiger partial charge in [0.05, 0.1) is 41.0 Å². The lowest BCUT2D eigenvalue weighted by Gasteiger charge is -2.45. The first-order chi connectivity index (χ1) is 22.0. The fourth-order valence-corrected chi connectivity index (χ4v) is 5.66. The molecule has 7 N–H and O–H groups in total. The maximum absolute atomic E-state index is 13.1. The van der Waals surface area contributed by atoms with E-state index in [0.717, 1.165) is 0 Å². The summed E-state index contributed by atoms with van der Waals surface area (Å²) in [5.41, 5.74) is 0.802. The van der Waals surface area contributed by atoms with Gasteiger partial charge in [0.15, 0.2) is 12.1 Å². The molecule has 2 aromatic rings. The molecule has 2 saturated heterocycles. The van der Waals surface area contributed by atoms with E-state index in [1.807, 2.05) is 0 Å². The quantitative estimate of drug-likeness (QED) is 0.153. The third-order valence-electron chi connectivity index (χ3n) is 8.18. The number of rotatable bonds is 10. The Bertz CT molecular complexity index is 1370. The van der Waals surface area contributed by atoms with Crippen LogP contribution in [0, 0.1) is 0 Å². The van der Waals surface area contributed by atoms with E-state index >= 15 is 0 Å². The van der Waals surface area contributed by atoms with Crippen molar-refractivity contribution in [2.45, 2.75) is 73.9 Å². The summed E-state index contributed by atoms with van der Waals surface area (Å²) in [5.74, 6) is 1.20. The molecule has 0 bridgehead atoms. The summed E-state index contributed by atoms with van der Waals surface area (Å²) in [5, 5.41) is 71.7. The number of fused-ring (bicyclic) bond motifs is 1. The van der Waals surface area contributed by atoms with Gasteiger partial charge in [-0.2, -0.15) is 0 Å². The van der Waals surface area contributed by atoms with Crippen molar-refractivity contribution in [3.63, 3.8) is 0 Å². The van der Waals surface area contributed by atoms with Crippen molar-refractivity contribution in [1.29, 1.82) is 0 Å². The van der Waals surface area contributed by atoms with Crippen LogP contribution in [0.2, 0.25) is 0 Å². The zero-order valence-electron chi connectivity index (χ0n) is 25.2. The molecule has 2 aromatic carbocycles. The van der Waals surface area contributed by atoms with Gasteiger partial charge in [0.2, 0.25) is 6.29 Å². The lowest BCUT2D eigenvalue weighted by molar-refractivity contribution is -0.352. The van der Waals surface area contributed by atoms with Crippen LogP contribution in [0.1, 0.15) is 28.4 Å². The van der Waals surface area contributed by atoms with Crippen molar-refractivity contribution < 1.29 is 78.4 Å². The van der Waals surface area contributed by atoms with E-state index in [-0.39, 0.29) is 29.5 Å². The summed E-state index contributed by atoms with van der Waals surface area (Å²) in [6.45, 7) is -1.43. The van der Waals surface area contributed by atoms with Gasteiger partial charge in [0.25, 0.3) is 0 Å². The number of ether oxygens (including phenoxy) is 8. The Morgan fingerprint density at radius 3 is 2.04 bits per heavy atom. The molecule has 3 aliphatic rings. The van der Waals surface area contributed by atoms with Gasteiger partial charge >= 0.3 is 0 Å². The average molecular weight is 655 g/mol. The summed E-state index contributed by atoms with van der Waals surface area (Å²) in [4.78, 5) is 13.1. The van der Waals surface area contributed by atoms with Gasteiger partial charge in [-0.3, -0.25) is 4.79 Å². The van der Waals surface area contributed by atoms with E-state index in [1.165, 1.54) is 33.5 Å². The molecule has 2 fully saturated rings. The van der Waals surface area contributed by atoms with Crippen LogP contribution in [-0.4, -0.2) is 137 Å². The fraction of sp³-hybridized carbons (Fsp3) is 0.567. The molecule has 0 aromatic heterocycles. The van der Waals surface area contributed by atoms with E-state index < -0.39 is 80.7 Å². The normalized spacial score (nSPS) is 34.3. The number of Topliss-reactive ketones (excluding diaryl/α,β-unsaturated/α-hetero) is 1. The number of carbonyl (C=O) groups excluding carboxylic acids is 1. The molecule has 0 unspecified atom stereocenters. The Labute approximate surface area is 263 Å². The van der Waals surface area contributed by atoms with Gasteiger partial charge in [0, 0.05) is 23.8 Å². The van der Waals surface area contributed by atoms with Crippen LogP contribution in [0.5, 0.6) is 28.7 Å². The van der Waals surface area contributed by atoms with Crippen molar-refractivity contribution >= 4 is 5.78 Å². The maximum atomic E-state index is 13.1. The molecule has 11 atom stereocenters. The van der Waals surface area contributed by atoms with Crippen LogP contribution >= 0.6 is 0 Å². The minimum Gasteiger partial charge on any atom is -0.496 e. The zero-order chi connectivity index (χ0) is 33.3. The molecular formula is C30H38O16. The highest BCUT2D eigenvalue weighted by molar-refractivity contribution is 6.03. The van der Waals surface area contributed by atoms with E-state index in [4.69, 9.17) is 37.9 Å². The monoisotopic (exact) mass is 654 g/mol. The number of methoxy groups -OCH3 is 3. The van der Waals surface area contributed by atoms with Crippen molar-refractivity contribution in [2.24, 2.45) is 0 Å². The van der Waals surface area contributed by atoms with E-state index in [2.05, 4.69) is 0 Å². The number of ketones is 1. The van der Waals surface area contributed by atoms with Gasteiger partial charge in [0.1, 0.15) is 89.2 Å². The smallest absolute Gasteiger partial charge is 0.229 e. The second-order valence-corrected chi connectivity index (χ2v) is 11.0. The van der Waals surface area contributed by atoms with Crippen molar-refractivity contribution in [3.8, 4) is 28.7 Å². The second-order valence-electron chi connectivity index (χ2n) is 11.0. The Hall–Kier alpha value is -3.29. The summed E-state index contributed by atoms with van der Waals surface area (Å²) >= 11 is 0. The summed E-state index contributed by atoms with van der Waals surface area (Å²) in [7, 11) is 4.32. The van der Waals surface area contributed by atoms with Gasteiger partial charge in [-0.1, -0.05) is 0 Å². The van der Waals surface area contributed by atoms with Crippen LogP contribution in [0.3, 0.4) is 0 Å². The zero-order valence-corrected chi connectivity index (χ0v) is 25.2. The molecule has 254 valence electrons. The standard InChI is InChI=1S/C30H38O16/c1-39-13-7-18(41-3)22-15(33)9-17(43-19(22)8-13)14-5-4-12(6-16(14)40-2)42-30-27(38)28(24(35)21(11-32)45-30)46-29-26(37)25(36)23(34)20(10-31)44-29/h4-8,17,20-21,23-32,34-38H,9-11H2,1-3H3/t17-,20+,21+,23-,24+,25-,26+,27+,28-,29-,30+/m0/s1. The minimum absolute atomic E-state index is 0.0241. The highest BCUT2D eigenvalue weighted by Gasteiger charge is 2.51. The van der Waals surface area contributed by atoms with E-state index in [0.29, 0.717) is 22.6 Å². The molecule has 0 radical (unpaired) electrons. The number of aliphatic hydroxyl groups excluding tert-OH is 7. The Balaban J connectivity index is 1.35. The predicted octanol–water partition coefficient (Wildman–Crippen LogP) is -1.58. The fourth-order valence-electron chi connectivity index (χ4n) is 5.66. The van der Waals surface area contributed by atoms with Crippen LogP contribution < -0.4 is 23.7 Å². The van der Waals surface area contributed by atoms with Crippen molar-refractivity contribution in [3.05, 3.63) is 41.5 Å². The molecule has 0 amide bonds. The first-order valence-electron chi connectivity index (χ1n) is 14.4. The molecule has 5 rings (SSSR count). The summed E-state index contributed by atoms with van der Waals surface area (Å²) < 4.78 is 44.8. The summed E-state index contributed by atoms with van der Waals surface area (Å²) in [6, 6.07) is 7.75. The van der Waals surface area contributed by atoms with Crippen LogP contribution in [-0.2, 0) is 14.2 Å². The van der Waals surface area contributed by atoms with Gasteiger partial charge in [-0.25, -0.2) is 0 Å². The highest BCUT2D eigenvalue weighted by atomic mass is 16.7. The number of hydrogen-bond donors (Lipinski definition) is 7. The molecular weight excluding hydrogens is 616 g/mol.